The van der Waals surface area contributed by atoms with Crippen molar-refractivity contribution >= 4 is 10.4 Å². The van der Waals surface area contributed by atoms with Gasteiger partial charge in [0, 0.05) is 66.3 Å². The van der Waals surface area contributed by atoms with Crippen LogP contribution >= 0.6 is 0 Å². The molecule has 0 aliphatic heterocycles. The van der Waals surface area contributed by atoms with Crippen molar-refractivity contribution < 1.29 is 59.7 Å². The molecule has 0 unspecified atom stereocenters. The summed E-state index contributed by atoms with van der Waals surface area (Å²) < 4.78 is 31.6. The van der Waals surface area contributed by atoms with Crippen LogP contribution in [-0.4, -0.2) is 41.7 Å². The molecular weight excluding hydrogens is 658 g/mol. The molecule has 6 nitrogen and oxygen atoms in total. The molecule has 9 heteroatoms. The fourth-order valence-corrected chi connectivity index (χ4v) is 1.33. The molecule has 0 aromatic carbocycles. The SMILES string of the molecule is CC(C)NC(C)C.CC(C)NC(C)C.O=S(=O)(O)O.[Pt].[Pt]. The van der Waals surface area contributed by atoms with Crippen LogP contribution in [0.1, 0.15) is 55.4 Å². The van der Waals surface area contributed by atoms with Crippen LogP contribution in [0, 0.1) is 0 Å². The molecule has 4 N–H and O–H groups in total. The van der Waals surface area contributed by atoms with Gasteiger partial charge in [0.15, 0.2) is 0 Å². The van der Waals surface area contributed by atoms with Crippen molar-refractivity contribution in [2.75, 3.05) is 0 Å². The standard InChI is InChI=1S/2C6H15N.H2O4S.2Pt/c2*1-5(2)7-6(3)4;1-5(2,3)4;;/h2*5-7H,1-4H3;(H2,1,2,3,4);;. The van der Waals surface area contributed by atoms with E-state index in [2.05, 4.69) is 66.0 Å². The van der Waals surface area contributed by atoms with Crippen LogP contribution < -0.4 is 10.6 Å². The molecule has 0 saturated carbocycles. The van der Waals surface area contributed by atoms with Crippen LogP contribution in [0.5, 0.6) is 0 Å². The van der Waals surface area contributed by atoms with Gasteiger partial charge in [-0.1, -0.05) is 55.4 Å². The molecule has 0 amide bonds. The van der Waals surface area contributed by atoms with Gasteiger partial charge in [-0.25, -0.2) is 0 Å². The molecule has 0 aliphatic rings. The van der Waals surface area contributed by atoms with Gasteiger partial charge in [0.05, 0.1) is 0 Å². The van der Waals surface area contributed by atoms with E-state index in [0.29, 0.717) is 24.2 Å². The molecule has 0 atom stereocenters. The van der Waals surface area contributed by atoms with Crippen LogP contribution in [0.3, 0.4) is 0 Å². The Morgan fingerprint density at radius 3 is 0.714 bits per heavy atom. The Bertz CT molecular complexity index is 251. The number of nitrogens with one attached hydrogen (secondary N) is 2. The van der Waals surface area contributed by atoms with E-state index in [1.807, 2.05) is 0 Å². The van der Waals surface area contributed by atoms with Crippen molar-refractivity contribution in [3.63, 3.8) is 0 Å². The number of hydrogen-bond donors (Lipinski definition) is 4. The molecular formula is C12H32N2O4Pt2S. The first-order chi connectivity index (χ1) is 8.25. The van der Waals surface area contributed by atoms with Gasteiger partial charge in [-0.15, -0.1) is 0 Å². The molecule has 0 aliphatic carbocycles. The molecule has 140 valence electrons. The maximum atomic E-state index is 8.74. The third-order valence-electron chi connectivity index (χ3n) is 1.33. The third kappa shape index (κ3) is 92.5. The van der Waals surface area contributed by atoms with E-state index < -0.39 is 10.4 Å². The summed E-state index contributed by atoms with van der Waals surface area (Å²) in [7, 11) is -4.67. The maximum absolute atomic E-state index is 8.74. The van der Waals surface area contributed by atoms with E-state index >= 15 is 0 Å². The Labute approximate surface area is 159 Å². The minimum absolute atomic E-state index is 0. The maximum Gasteiger partial charge on any atom is 0.394 e. The quantitative estimate of drug-likeness (QED) is 0.338. The van der Waals surface area contributed by atoms with Crippen molar-refractivity contribution in [3.05, 3.63) is 0 Å². The predicted octanol–water partition coefficient (Wildman–Crippen LogP) is 2.13. The molecule has 0 radical (unpaired) electrons. The summed E-state index contributed by atoms with van der Waals surface area (Å²) in [4.78, 5) is 0. The fraction of sp³-hybridized carbons (Fsp3) is 1.00. The minimum atomic E-state index is -4.67. The van der Waals surface area contributed by atoms with Gasteiger partial charge in [0.25, 0.3) is 0 Å². The van der Waals surface area contributed by atoms with E-state index in [-0.39, 0.29) is 42.1 Å². The summed E-state index contributed by atoms with van der Waals surface area (Å²) >= 11 is 0. The second-order valence-electron chi connectivity index (χ2n) is 5.40. The summed E-state index contributed by atoms with van der Waals surface area (Å²) in [6, 6.07) is 2.50. The Hall–Kier alpha value is 1.17. The van der Waals surface area contributed by atoms with E-state index in [4.69, 9.17) is 17.5 Å². The molecule has 0 heterocycles. The third-order valence-corrected chi connectivity index (χ3v) is 1.33. The van der Waals surface area contributed by atoms with Crippen molar-refractivity contribution in [1.29, 1.82) is 0 Å². The van der Waals surface area contributed by atoms with E-state index in [1.165, 1.54) is 0 Å². The minimum Gasteiger partial charge on any atom is -0.312 e. The molecule has 0 aromatic rings. The summed E-state index contributed by atoms with van der Waals surface area (Å²) in [6.07, 6.45) is 0. The van der Waals surface area contributed by atoms with Crippen molar-refractivity contribution in [3.8, 4) is 0 Å². The van der Waals surface area contributed by atoms with Crippen molar-refractivity contribution in [2.24, 2.45) is 0 Å². The zero-order valence-electron chi connectivity index (χ0n) is 14.1. The largest absolute Gasteiger partial charge is 0.394 e. The zero-order chi connectivity index (χ0) is 16.2. The van der Waals surface area contributed by atoms with Crippen LogP contribution in [0.2, 0.25) is 0 Å². The Balaban J connectivity index is -0.0000000590. The Kier molecular flexibility index (Phi) is 30.8. The van der Waals surface area contributed by atoms with Gasteiger partial charge in [-0.2, -0.15) is 8.42 Å². The van der Waals surface area contributed by atoms with Crippen molar-refractivity contribution in [1.82, 2.24) is 10.6 Å². The first-order valence-corrected chi connectivity index (χ1v) is 7.87. The van der Waals surface area contributed by atoms with E-state index in [1.54, 1.807) is 0 Å². The summed E-state index contributed by atoms with van der Waals surface area (Å²) in [5.41, 5.74) is 0. The van der Waals surface area contributed by atoms with Crippen LogP contribution in [0.15, 0.2) is 0 Å². The monoisotopic (exact) mass is 690 g/mol. The number of rotatable bonds is 4. The van der Waals surface area contributed by atoms with E-state index in [0.717, 1.165) is 0 Å². The first-order valence-electron chi connectivity index (χ1n) is 6.47. The molecule has 0 aromatic heterocycles. The van der Waals surface area contributed by atoms with Crippen molar-refractivity contribution in [2.45, 2.75) is 79.6 Å². The first kappa shape index (κ1) is 33.7. The molecule has 0 saturated heterocycles. The summed E-state index contributed by atoms with van der Waals surface area (Å²) in [5, 5.41) is 6.61. The van der Waals surface area contributed by atoms with Gasteiger partial charge in [0.1, 0.15) is 0 Å². The topological polar surface area (TPSA) is 98.7 Å². The van der Waals surface area contributed by atoms with Gasteiger partial charge in [-0.3, -0.25) is 9.11 Å². The summed E-state index contributed by atoms with van der Waals surface area (Å²) in [5.74, 6) is 0. The van der Waals surface area contributed by atoms with Gasteiger partial charge in [0.2, 0.25) is 0 Å². The molecule has 0 rings (SSSR count). The average molecular weight is 691 g/mol. The van der Waals surface area contributed by atoms with Crippen LogP contribution in [0.25, 0.3) is 0 Å². The summed E-state index contributed by atoms with van der Waals surface area (Å²) in [6.45, 7) is 17.2. The molecule has 0 bridgehead atoms. The molecule has 0 spiro atoms. The zero-order valence-corrected chi connectivity index (χ0v) is 19.4. The fourth-order valence-electron chi connectivity index (χ4n) is 1.33. The van der Waals surface area contributed by atoms with Gasteiger partial charge in [-0.05, 0) is 0 Å². The molecule has 21 heavy (non-hydrogen) atoms. The molecule has 0 fully saturated rings. The number of hydrogen-bond acceptors (Lipinski definition) is 4. The normalized spacial score (nSPS) is 10.2. The Morgan fingerprint density at radius 2 is 0.714 bits per heavy atom. The van der Waals surface area contributed by atoms with Crippen LogP contribution in [-0.2, 0) is 52.5 Å². The smallest absolute Gasteiger partial charge is 0.312 e. The predicted molar refractivity (Wildman–Crippen MR) is 81.0 cm³/mol. The average Bonchev–Trinajstić information content (AvgIpc) is 1.93. The van der Waals surface area contributed by atoms with Gasteiger partial charge >= 0.3 is 10.4 Å². The van der Waals surface area contributed by atoms with Crippen LogP contribution in [0.4, 0.5) is 0 Å². The second-order valence-corrected chi connectivity index (χ2v) is 6.30. The van der Waals surface area contributed by atoms with Gasteiger partial charge < -0.3 is 10.6 Å². The van der Waals surface area contributed by atoms with E-state index in [9.17, 15) is 0 Å². The second kappa shape index (κ2) is 19.2. The Morgan fingerprint density at radius 1 is 0.619 bits per heavy atom.